The molecule has 1 aromatic rings. The van der Waals surface area contributed by atoms with Crippen LogP contribution < -0.4 is 11.1 Å². The second-order valence-corrected chi connectivity index (χ2v) is 5.68. The van der Waals surface area contributed by atoms with E-state index in [2.05, 4.69) is 24.1 Å². The minimum Gasteiger partial charge on any atom is -0.399 e. The van der Waals surface area contributed by atoms with Gasteiger partial charge in [0.2, 0.25) is 5.91 Å². The molecule has 1 aromatic carbocycles. The third-order valence-corrected chi connectivity index (χ3v) is 3.60. The van der Waals surface area contributed by atoms with Crippen molar-refractivity contribution in [3.63, 3.8) is 0 Å². The van der Waals surface area contributed by atoms with Crippen molar-refractivity contribution in [2.45, 2.75) is 39.5 Å². The summed E-state index contributed by atoms with van der Waals surface area (Å²) in [5, 5.41) is 3.32. The molecular formula is C16H26ClN3O. The Hall–Kier alpha value is -1.26. The Bertz CT molecular complexity index is 443. The maximum absolute atomic E-state index is 12.1. The molecule has 5 heteroatoms. The Morgan fingerprint density at radius 1 is 1.24 bits per heavy atom. The number of hydrogen-bond donors (Lipinski definition) is 2. The van der Waals surface area contributed by atoms with E-state index < -0.39 is 0 Å². The lowest BCUT2D eigenvalue weighted by Crippen LogP contribution is -2.34. The van der Waals surface area contributed by atoms with E-state index in [9.17, 15) is 4.79 Å². The second-order valence-electron chi connectivity index (χ2n) is 5.27. The molecule has 0 heterocycles. The quantitative estimate of drug-likeness (QED) is 0.683. The molecule has 1 amide bonds. The average molecular weight is 312 g/mol. The Labute approximate surface area is 132 Å². The van der Waals surface area contributed by atoms with Crippen LogP contribution >= 0.6 is 11.6 Å². The minimum absolute atomic E-state index is 0.0334. The standard InChI is InChI=1S/C16H26ClN3O/c1-3-5-9-20(10-6-4-2)12-16(21)19-15-8-7-13(18)11-14(15)17/h7-8,11H,3-6,9-10,12,18H2,1-2H3,(H,19,21). The van der Waals surface area contributed by atoms with Gasteiger partial charge in [0.05, 0.1) is 17.3 Å². The van der Waals surface area contributed by atoms with Gasteiger partial charge in [0.1, 0.15) is 0 Å². The van der Waals surface area contributed by atoms with E-state index in [1.165, 1.54) is 0 Å². The number of carbonyl (C=O) groups is 1. The largest absolute Gasteiger partial charge is 0.399 e. The molecule has 0 aliphatic rings. The molecule has 0 bridgehead atoms. The van der Waals surface area contributed by atoms with Gasteiger partial charge >= 0.3 is 0 Å². The summed E-state index contributed by atoms with van der Waals surface area (Å²) in [4.78, 5) is 14.3. The molecule has 3 N–H and O–H groups in total. The summed E-state index contributed by atoms with van der Waals surface area (Å²) >= 11 is 6.07. The van der Waals surface area contributed by atoms with Crippen molar-refractivity contribution in [3.8, 4) is 0 Å². The van der Waals surface area contributed by atoms with E-state index in [0.29, 0.717) is 22.9 Å². The summed E-state index contributed by atoms with van der Waals surface area (Å²) in [5.41, 5.74) is 6.84. The molecule has 21 heavy (non-hydrogen) atoms. The lowest BCUT2D eigenvalue weighted by Gasteiger charge is -2.21. The number of rotatable bonds is 9. The summed E-state index contributed by atoms with van der Waals surface area (Å²) in [6.07, 6.45) is 4.49. The number of halogens is 1. The smallest absolute Gasteiger partial charge is 0.238 e. The van der Waals surface area contributed by atoms with E-state index in [1.807, 2.05) is 0 Å². The second kappa shape index (κ2) is 9.64. The molecule has 0 atom stereocenters. The van der Waals surface area contributed by atoms with Gasteiger partial charge in [-0.05, 0) is 44.1 Å². The number of nitrogen functional groups attached to an aromatic ring is 1. The molecule has 0 saturated heterocycles. The number of unbranched alkanes of at least 4 members (excludes halogenated alkanes) is 2. The van der Waals surface area contributed by atoms with E-state index in [-0.39, 0.29) is 5.91 Å². The van der Waals surface area contributed by atoms with Gasteiger partial charge in [-0.25, -0.2) is 0 Å². The zero-order valence-electron chi connectivity index (χ0n) is 13.0. The molecule has 118 valence electrons. The van der Waals surface area contributed by atoms with E-state index in [4.69, 9.17) is 17.3 Å². The third kappa shape index (κ3) is 6.82. The van der Waals surface area contributed by atoms with Crippen LogP contribution in [0.1, 0.15) is 39.5 Å². The fraction of sp³-hybridized carbons (Fsp3) is 0.562. The summed E-state index contributed by atoms with van der Waals surface area (Å²) in [6.45, 7) is 6.64. The van der Waals surface area contributed by atoms with Gasteiger partial charge in [0, 0.05) is 5.69 Å². The molecule has 0 unspecified atom stereocenters. The van der Waals surface area contributed by atoms with Crippen LogP contribution in [0, 0.1) is 0 Å². The highest BCUT2D eigenvalue weighted by molar-refractivity contribution is 6.34. The molecule has 4 nitrogen and oxygen atoms in total. The van der Waals surface area contributed by atoms with Crippen molar-refractivity contribution in [2.75, 3.05) is 30.7 Å². The Kier molecular flexibility index (Phi) is 8.16. The Morgan fingerprint density at radius 3 is 2.38 bits per heavy atom. The van der Waals surface area contributed by atoms with Crippen LogP contribution in [0.4, 0.5) is 11.4 Å². The van der Waals surface area contributed by atoms with Gasteiger partial charge in [-0.2, -0.15) is 0 Å². The lowest BCUT2D eigenvalue weighted by molar-refractivity contribution is -0.117. The normalized spacial score (nSPS) is 10.9. The lowest BCUT2D eigenvalue weighted by atomic mass is 10.2. The van der Waals surface area contributed by atoms with Gasteiger partial charge in [-0.3, -0.25) is 9.69 Å². The van der Waals surface area contributed by atoms with Crippen molar-refractivity contribution in [2.24, 2.45) is 0 Å². The van der Waals surface area contributed by atoms with Crippen molar-refractivity contribution < 1.29 is 4.79 Å². The maximum Gasteiger partial charge on any atom is 0.238 e. The van der Waals surface area contributed by atoms with Gasteiger partial charge in [-0.1, -0.05) is 38.3 Å². The molecule has 0 saturated carbocycles. The SMILES string of the molecule is CCCCN(CCCC)CC(=O)Nc1ccc(N)cc1Cl. The third-order valence-electron chi connectivity index (χ3n) is 3.29. The predicted octanol–water partition coefficient (Wildman–Crippen LogP) is 3.76. The Morgan fingerprint density at radius 2 is 1.86 bits per heavy atom. The van der Waals surface area contributed by atoms with Crippen LogP contribution in [0.2, 0.25) is 5.02 Å². The Balaban J connectivity index is 2.55. The minimum atomic E-state index is -0.0334. The number of nitrogens with one attached hydrogen (secondary N) is 1. The molecule has 0 radical (unpaired) electrons. The summed E-state index contributed by atoms with van der Waals surface area (Å²) in [5.74, 6) is -0.0334. The number of anilines is 2. The molecule has 0 aliphatic heterocycles. The number of nitrogens with two attached hydrogens (primary N) is 1. The van der Waals surface area contributed by atoms with Crippen molar-refractivity contribution in [3.05, 3.63) is 23.2 Å². The van der Waals surface area contributed by atoms with Crippen LogP contribution in [-0.2, 0) is 4.79 Å². The highest BCUT2D eigenvalue weighted by Gasteiger charge is 2.11. The van der Waals surface area contributed by atoms with Crippen LogP contribution in [0.5, 0.6) is 0 Å². The molecule has 0 aliphatic carbocycles. The zero-order valence-corrected chi connectivity index (χ0v) is 13.7. The summed E-state index contributed by atoms with van der Waals surface area (Å²) < 4.78 is 0. The van der Waals surface area contributed by atoms with Crippen LogP contribution in [0.25, 0.3) is 0 Å². The van der Waals surface area contributed by atoms with Crippen LogP contribution in [0.15, 0.2) is 18.2 Å². The highest BCUT2D eigenvalue weighted by Crippen LogP contribution is 2.23. The number of nitrogens with zero attached hydrogens (tertiary/aromatic N) is 1. The van der Waals surface area contributed by atoms with Crippen LogP contribution in [0.3, 0.4) is 0 Å². The number of amides is 1. The van der Waals surface area contributed by atoms with E-state index in [1.54, 1.807) is 18.2 Å². The molecule has 0 aromatic heterocycles. The average Bonchev–Trinajstić information content (AvgIpc) is 2.45. The summed E-state index contributed by atoms with van der Waals surface area (Å²) in [7, 11) is 0. The number of hydrogen-bond acceptors (Lipinski definition) is 3. The fourth-order valence-electron chi connectivity index (χ4n) is 2.06. The van der Waals surface area contributed by atoms with Crippen molar-refractivity contribution in [1.29, 1.82) is 0 Å². The number of carbonyl (C=O) groups excluding carboxylic acids is 1. The fourth-order valence-corrected chi connectivity index (χ4v) is 2.30. The van der Waals surface area contributed by atoms with Crippen molar-refractivity contribution in [1.82, 2.24) is 4.90 Å². The predicted molar refractivity (Wildman–Crippen MR) is 90.8 cm³/mol. The monoisotopic (exact) mass is 311 g/mol. The number of benzene rings is 1. The van der Waals surface area contributed by atoms with Gasteiger partial charge in [-0.15, -0.1) is 0 Å². The first-order valence-electron chi connectivity index (χ1n) is 7.64. The first-order chi connectivity index (χ1) is 10.1. The molecule has 1 rings (SSSR count). The van der Waals surface area contributed by atoms with Crippen molar-refractivity contribution >= 4 is 28.9 Å². The zero-order chi connectivity index (χ0) is 15.7. The molecule has 0 fully saturated rings. The molecule has 0 spiro atoms. The van der Waals surface area contributed by atoms with E-state index >= 15 is 0 Å². The molecular weight excluding hydrogens is 286 g/mol. The van der Waals surface area contributed by atoms with Gasteiger partial charge in [0.15, 0.2) is 0 Å². The topological polar surface area (TPSA) is 58.4 Å². The summed E-state index contributed by atoms with van der Waals surface area (Å²) in [6, 6.07) is 5.11. The highest BCUT2D eigenvalue weighted by atomic mass is 35.5. The first-order valence-corrected chi connectivity index (χ1v) is 8.01. The van der Waals surface area contributed by atoms with Gasteiger partial charge < -0.3 is 11.1 Å². The van der Waals surface area contributed by atoms with Gasteiger partial charge in [0.25, 0.3) is 0 Å². The first kappa shape index (κ1) is 17.8. The van der Waals surface area contributed by atoms with Crippen LogP contribution in [-0.4, -0.2) is 30.4 Å². The van der Waals surface area contributed by atoms with E-state index in [0.717, 1.165) is 38.8 Å². The maximum atomic E-state index is 12.1.